The average molecular weight is 265 g/mol. The smallest absolute Gasteiger partial charge is 0.0948 e. The number of hydrogen-bond donors (Lipinski definition) is 1. The van der Waals surface area contributed by atoms with Gasteiger partial charge in [0.15, 0.2) is 0 Å². The molecule has 19 heavy (non-hydrogen) atoms. The van der Waals surface area contributed by atoms with Crippen molar-refractivity contribution in [3.8, 4) is 0 Å². The van der Waals surface area contributed by atoms with E-state index < -0.39 is 0 Å². The minimum Gasteiger partial charge on any atom is -0.333 e. The van der Waals surface area contributed by atoms with Gasteiger partial charge >= 0.3 is 0 Å². The van der Waals surface area contributed by atoms with E-state index in [9.17, 15) is 0 Å². The third-order valence-electron chi connectivity index (χ3n) is 3.63. The molecule has 0 amide bonds. The molecule has 3 nitrogen and oxygen atoms in total. The van der Waals surface area contributed by atoms with Crippen molar-refractivity contribution in [2.75, 3.05) is 0 Å². The molecule has 0 spiro atoms. The Labute approximate surface area is 118 Å². The van der Waals surface area contributed by atoms with Crippen LogP contribution in [0.2, 0.25) is 0 Å². The first-order chi connectivity index (χ1) is 9.05. The summed E-state index contributed by atoms with van der Waals surface area (Å²) in [5.74, 6) is 0. The minimum atomic E-state index is -0.295. The summed E-state index contributed by atoms with van der Waals surface area (Å²) < 4.78 is 2.21. The van der Waals surface area contributed by atoms with Crippen LogP contribution in [0.25, 0.3) is 0 Å². The van der Waals surface area contributed by atoms with Gasteiger partial charge in [-0.1, -0.05) is 51.9 Å². The lowest BCUT2D eigenvalue weighted by Gasteiger charge is -2.20. The van der Waals surface area contributed by atoms with Crippen molar-refractivity contribution in [3.63, 3.8) is 0 Å². The van der Waals surface area contributed by atoms with Gasteiger partial charge in [-0.2, -0.15) is 0 Å². The van der Waals surface area contributed by atoms with Crippen molar-refractivity contribution in [2.24, 2.45) is 5.73 Å². The van der Waals surface area contributed by atoms with E-state index in [1.807, 2.05) is 26.4 Å². The van der Waals surface area contributed by atoms with Crippen molar-refractivity contribution in [2.45, 2.75) is 84.2 Å². The highest BCUT2D eigenvalue weighted by Crippen LogP contribution is 2.17. The number of unbranched alkanes of at least 4 members (excludes halogenated alkanes) is 7. The maximum atomic E-state index is 6.14. The van der Waals surface area contributed by atoms with Crippen LogP contribution in [0.1, 0.15) is 77.8 Å². The largest absolute Gasteiger partial charge is 0.333 e. The van der Waals surface area contributed by atoms with Crippen molar-refractivity contribution in [3.05, 3.63) is 18.2 Å². The van der Waals surface area contributed by atoms with Crippen LogP contribution in [0.5, 0.6) is 0 Å². The first kappa shape index (κ1) is 16.2. The first-order valence-electron chi connectivity index (χ1n) is 7.85. The number of aryl methyl sites for hydroxylation is 1. The highest BCUT2D eigenvalue weighted by atomic mass is 15.1. The Bertz CT molecular complexity index is 336. The second kappa shape index (κ2) is 8.36. The fourth-order valence-electron chi connectivity index (χ4n) is 2.45. The zero-order valence-electron chi connectivity index (χ0n) is 13.0. The number of nitrogens with two attached hydrogens (primary N) is 1. The molecule has 3 heteroatoms. The number of rotatable bonds is 10. The molecule has 0 unspecified atom stereocenters. The van der Waals surface area contributed by atoms with Crippen LogP contribution >= 0.6 is 0 Å². The molecule has 0 bridgehead atoms. The van der Waals surface area contributed by atoms with Crippen LogP contribution in [0.4, 0.5) is 0 Å². The Hall–Kier alpha value is -0.830. The molecule has 0 radical (unpaired) electrons. The van der Waals surface area contributed by atoms with Gasteiger partial charge in [-0.3, -0.25) is 0 Å². The average Bonchev–Trinajstić information content (AvgIpc) is 2.81. The second-order valence-corrected chi connectivity index (χ2v) is 6.17. The molecule has 2 N–H and O–H groups in total. The highest BCUT2D eigenvalue weighted by molar-refractivity contribution is 5.09. The normalized spacial score (nSPS) is 12.0. The Morgan fingerprint density at radius 2 is 1.63 bits per heavy atom. The van der Waals surface area contributed by atoms with Crippen molar-refractivity contribution < 1.29 is 0 Å². The van der Waals surface area contributed by atoms with Crippen molar-refractivity contribution in [1.29, 1.82) is 0 Å². The van der Waals surface area contributed by atoms with Gasteiger partial charge in [0.1, 0.15) is 0 Å². The summed E-state index contributed by atoms with van der Waals surface area (Å²) in [4.78, 5) is 4.22. The molecule has 0 aromatic carbocycles. The van der Waals surface area contributed by atoms with Crippen LogP contribution in [0, 0.1) is 0 Å². The van der Waals surface area contributed by atoms with Gasteiger partial charge in [-0.15, -0.1) is 0 Å². The lowest BCUT2D eigenvalue weighted by Crippen LogP contribution is -2.31. The Kier molecular flexibility index (Phi) is 7.14. The molecule has 0 saturated heterocycles. The van der Waals surface area contributed by atoms with Gasteiger partial charge in [0.2, 0.25) is 0 Å². The Balaban J connectivity index is 2.15. The second-order valence-electron chi connectivity index (χ2n) is 6.17. The standard InChI is InChI=1S/C16H31N3/c1-4-5-6-7-8-9-10-11-12-19-14-18-13-15(19)16(2,3)17/h13-14H,4-12,17H2,1-3H3. The van der Waals surface area contributed by atoms with Crippen LogP contribution in [-0.2, 0) is 12.1 Å². The predicted molar refractivity (Wildman–Crippen MR) is 82.1 cm³/mol. The summed E-state index contributed by atoms with van der Waals surface area (Å²) in [6.45, 7) is 7.38. The van der Waals surface area contributed by atoms with Gasteiger partial charge in [0, 0.05) is 12.7 Å². The Morgan fingerprint density at radius 1 is 1.05 bits per heavy atom. The van der Waals surface area contributed by atoms with Crippen LogP contribution < -0.4 is 5.73 Å². The molecular weight excluding hydrogens is 234 g/mol. The van der Waals surface area contributed by atoms with E-state index in [0.717, 1.165) is 12.2 Å². The first-order valence-corrected chi connectivity index (χ1v) is 7.85. The van der Waals surface area contributed by atoms with Gasteiger partial charge in [0.25, 0.3) is 0 Å². The molecular formula is C16H31N3. The number of nitrogens with zero attached hydrogens (tertiary/aromatic N) is 2. The lowest BCUT2D eigenvalue weighted by molar-refractivity contribution is 0.474. The third-order valence-corrected chi connectivity index (χ3v) is 3.63. The fraction of sp³-hybridized carbons (Fsp3) is 0.812. The molecule has 1 heterocycles. The minimum absolute atomic E-state index is 0.295. The lowest BCUT2D eigenvalue weighted by atomic mass is 10.0. The molecule has 0 saturated carbocycles. The van der Waals surface area contributed by atoms with Crippen molar-refractivity contribution in [1.82, 2.24) is 9.55 Å². The van der Waals surface area contributed by atoms with Crippen molar-refractivity contribution >= 4 is 0 Å². The molecule has 0 aliphatic rings. The zero-order chi connectivity index (χ0) is 14.1. The van der Waals surface area contributed by atoms with E-state index in [-0.39, 0.29) is 5.54 Å². The zero-order valence-corrected chi connectivity index (χ0v) is 13.0. The summed E-state index contributed by atoms with van der Waals surface area (Å²) in [5, 5.41) is 0. The topological polar surface area (TPSA) is 43.8 Å². The van der Waals surface area contributed by atoms with Crippen LogP contribution in [0.3, 0.4) is 0 Å². The molecule has 1 aromatic heterocycles. The molecule has 0 aliphatic heterocycles. The summed E-state index contributed by atoms with van der Waals surface area (Å²) in [6.07, 6.45) is 14.6. The highest BCUT2D eigenvalue weighted by Gasteiger charge is 2.18. The van der Waals surface area contributed by atoms with Crippen LogP contribution in [0.15, 0.2) is 12.5 Å². The predicted octanol–water partition coefficient (Wildman–Crippen LogP) is 4.22. The van der Waals surface area contributed by atoms with Gasteiger partial charge in [0.05, 0.1) is 17.6 Å². The molecule has 0 aliphatic carbocycles. The van der Waals surface area contributed by atoms with E-state index in [2.05, 4.69) is 16.5 Å². The number of hydrogen-bond acceptors (Lipinski definition) is 2. The van der Waals surface area contributed by atoms with E-state index in [1.165, 1.54) is 51.4 Å². The van der Waals surface area contributed by atoms with Gasteiger partial charge in [-0.05, 0) is 20.3 Å². The molecule has 110 valence electrons. The van der Waals surface area contributed by atoms with Crippen LogP contribution in [-0.4, -0.2) is 9.55 Å². The molecule has 0 fully saturated rings. The maximum absolute atomic E-state index is 6.14. The quantitative estimate of drug-likeness (QED) is 0.644. The summed E-state index contributed by atoms with van der Waals surface area (Å²) in [5.41, 5.74) is 6.98. The third kappa shape index (κ3) is 6.24. The molecule has 0 atom stereocenters. The number of imidazole rings is 1. The SMILES string of the molecule is CCCCCCCCCCn1cncc1C(C)(C)N. The van der Waals surface area contributed by atoms with E-state index >= 15 is 0 Å². The molecule has 1 aromatic rings. The van der Waals surface area contributed by atoms with Gasteiger partial charge in [-0.25, -0.2) is 4.98 Å². The summed E-state index contributed by atoms with van der Waals surface area (Å²) in [6, 6.07) is 0. The van der Waals surface area contributed by atoms with E-state index in [1.54, 1.807) is 0 Å². The van der Waals surface area contributed by atoms with E-state index in [0.29, 0.717) is 0 Å². The number of aromatic nitrogens is 2. The monoisotopic (exact) mass is 265 g/mol. The maximum Gasteiger partial charge on any atom is 0.0948 e. The Morgan fingerprint density at radius 3 is 2.21 bits per heavy atom. The molecule has 1 rings (SSSR count). The summed E-state index contributed by atoms with van der Waals surface area (Å²) in [7, 11) is 0. The summed E-state index contributed by atoms with van der Waals surface area (Å²) >= 11 is 0. The fourth-order valence-corrected chi connectivity index (χ4v) is 2.45. The van der Waals surface area contributed by atoms with E-state index in [4.69, 9.17) is 5.73 Å². The van der Waals surface area contributed by atoms with Gasteiger partial charge < -0.3 is 10.3 Å².